The van der Waals surface area contributed by atoms with Crippen LogP contribution >= 0.6 is 0 Å². The standard InChI is InChI=1S/C23H29NO3/c1-5-6-7-11-27-21-13-16(2)12-17(3)23(21)19-10-8-9-18(14-19)20(24)15-22(25)26-4/h5,8-10,12-14,20H,1,6-7,11,15,24H2,2-4H3/t20-/m0/s1. The summed E-state index contributed by atoms with van der Waals surface area (Å²) in [4.78, 5) is 11.5. The predicted octanol–water partition coefficient (Wildman–Crippen LogP) is 4.88. The second kappa shape index (κ2) is 9.93. The topological polar surface area (TPSA) is 61.5 Å². The molecule has 1 atom stereocenters. The highest BCUT2D eigenvalue weighted by Crippen LogP contribution is 2.36. The quantitative estimate of drug-likeness (QED) is 0.390. The number of hydrogen-bond acceptors (Lipinski definition) is 4. The van der Waals surface area contributed by atoms with E-state index in [1.165, 1.54) is 7.11 Å². The summed E-state index contributed by atoms with van der Waals surface area (Å²) in [6, 6.07) is 11.8. The maximum absolute atomic E-state index is 11.5. The zero-order chi connectivity index (χ0) is 19.8. The molecule has 2 N–H and O–H groups in total. The number of rotatable bonds is 9. The van der Waals surface area contributed by atoms with Gasteiger partial charge in [-0.25, -0.2) is 0 Å². The Morgan fingerprint density at radius 1 is 1.26 bits per heavy atom. The Kier molecular flexibility index (Phi) is 7.62. The van der Waals surface area contributed by atoms with Crippen LogP contribution in [0.5, 0.6) is 5.75 Å². The van der Waals surface area contributed by atoms with Crippen LogP contribution in [0.1, 0.15) is 42.0 Å². The molecule has 4 heteroatoms. The van der Waals surface area contributed by atoms with E-state index in [2.05, 4.69) is 32.6 Å². The summed E-state index contributed by atoms with van der Waals surface area (Å²) >= 11 is 0. The molecule has 0 amide bonds. The molecule has 0 unspecified atom stereocenters. The largest absolute Gasteiger partial charge is 0.493 e. The summed E-state index contributed by atoms with van der Waals surface area (Å²) in [5, 5.41) is 0. The molecule has 0 saturated carbocycles. The first-order valence-corrected chi connectivity index (χ1v) is 9.24. The number of carbonyl (C=O) groups is 1. The molecular weight excluding hydrogens is 338 g/mol. The lowest BCUT2D eigenvalue weighted by Crippen LogP contribution is -2.16. The van der Waals surface area contributed by atoms with Gasteiger partial charge in [-0.1, -0.05) is 30.3 Å². The van der Waals surface area contributed by atoms with E-state index in [0.29, 0.717) is 6.61 Å². The Labute approximate surface area is 162 Å². The molecule has 0 fully saturated rings. The fourth-order valence-corrected chi connectivity index (χ4v) is 3.13. The van der Waals surface area contributed by atoms with Crippen LogP contribution in [0.4, 0.5) is 0 Å². The van der Waals surface area contributed by atoms with Crippen molar-refractivity contribution in [3.63, 3.8) is 0 Å². The Bertz CT molecular complexity index is 798. The summed E-state index contributed by atoms with van der Waals surface area (Å²) in [5.74, 6) is 0.556. The summed E-state index contributed by atoms with van der Waals surface area (Å²) in [6.45, 7) is 8.54. The Morgan fingerprint density at radius 3 is 2.74 bits per heavy atom. The minimum Gasteiger partial charge on any atom is -0.493 e. The van der Waals surface area contributed by atoms with Crippen molar-refractivity contribution in [2.75, 3.05) is 13.7 Å². The van der Waals surface area contributed by atoms with Gasteiger partial charge in [0.1, 0.15) is 5.75 Å². The van der Waals surface area contributed by atoms with Crippen molar-refractivity contribution in [2.45, 2.75) is 39.2 Å². The molecule has 0 heterocycles. The molecule has 0 bridgehead atoms. The molecular formula is C23H29NO3. The van der Waals surface area contributed by atoms with Gasteiger partial charge in [-0.2, -0.15) is 0 Å². The van der Waals surface area contributed by atoms with Crippen LogP contribution in [0.15, 0.2) is 49.1 Å². The normalized spacial score (nSPS) is 11.7. The fourth-order valence-electron chi connectivity index (χ4n) is 3.13. The molecule has 0 aliphatic rings. The van der Waals surface area contributed by atoms with E-state index in [-0.39, 0.29) is 12.4 Å². The number of aryl methyl sites for hydroxylation is 2. The van der Waals surface area contributed by atoms with Crippen molar-refractivity contribution >= 4 is 5.97 Å². The number of esters is 1. The van der Waals surface area contributed by atoms with E-state index in [4.69, 9.17) is 15.2 Å². The van der Waals surface area contributed by atoms with Gasteiger partial charge in [0, 0.05) is 11.6 Å². The zero-order valence-electron chi connectivity index (χ0n) is 16.5. The zero-order valence-corrected chi connectivity index (χ0v) is 16.5. The highest BCUT2D eigenvalue weighted by molar-refractivity contribution is 5.75. The maximum Gasteiger partial charge on any atom is 0.307 e. The van der Waals surface area contributed by atoms with Gasteiger partial charge in [0.2, 0.25) is 0 Å². The van der Waals surface area contributed by atoms with Gasteiger partial charge in [-0.15, -0.1) is 6.58 Å². The van der Waals surface area contributed by atoms with Crippen molar-refractivity contribution < 1.29 is 14.3 Å². The summed E-state index contributed by atoms with van der Waals surface area (Å²) in [5.41, 5.74) is 11.5. The number of carbonyl (C=O) groups excluding carboxylic acids is 1. The Morgan fingerprint density at radius 2 is 2.04 bits per heavy atom. The van der Waals surface area contributed by atoms with Crippen molar-refractivity contribution in [3.8, 4) is 16.9 Å². The molecule has 0 saturated heterocycles. The average Bonchev–Trinajstić information content (AvgIpc) is 2.64. The third-order valence-corrected chi connectivity index (χ3v) is 4.47. The SMILES string of the molecule is C=CCCCOc1cc(C)cc(C)c1-c1cccc([C@@H](N)CC(=O)OC)c1. The van der Waals surface area contributed by atoms with Gasteiger partial charge < -0.3 is 15.2 Å². The first-order chi connectivity index (χ1) is 13.0. The van der Waals surface area contributed by atoms with Crippen molar-refractivity contribution in [3.05, 3.63) is 65.7 Å². The van der Waals surface area contributed by atoms with Crippen LogP contribution in [0.25, 0.3) is 11.1 Å². The molecule has 2 aromatic carbocycles. The Balaban J connectivity index is 2.35. The van der Waals surface area contributed by atoms with E-state index < -0.39 is 6.04 Å². The lowest BCUT2D eigenvalue weighted by atomic mass is 9.94. The molecule has 2 rings (SSSR count). The van der Waals surface area contributed by atoms with Crippen LogP contribution in [-0.2, 0) is 9.53 Å². The fraction of sp³-hybridized carbons (Fsp3) is 0.348. The van der Waals surface area contributed by atoms with E-state index in [9.17, 15) is 4.79 Å². The number of nitrogens with two attached hydrogens (primary N) is 1. The van der Waals surface area contributed by atoms with Gasteiger partial charge in [0.25, 0.3) is 0 Å². The second-order valence-corrected chi connectivity index (χ2v) is 6.75. The summed E-state index contributed by atoms with van der Waals surface area (Å²) in [6.07, 6.45) is 3.91. The van der Waals surface area contributed by atoms with Crippen LogP contribution in [0.2, 0.25) is 0 Å². The number of unbranched alkanes of at least 4 members (excludes halogenated alkanes) is 1. The van der Waals surface area contributed by atoms with Gasteiger partial charge in [0.15, 0.2) is 0 Å². The maximum atomic E-state index is 11.5. The number of hydrogen-bond donors (Lipinski definition) is 1. The molecule has 4 nitrogen and oxygen atoms in total. The van der Waals surface area contributed by atoms with Crippen molar-refractivity contribution in [1.29, 1.82) is 0 Å². The molecule has 2 aromatic rings. The number of allylic oxidation sites excluding steroid dienone is 1. The van der Waals surface area contributed by atoms with Crippen molar-refractivity contribution in [1.82, 2.24) is 0 Å². The number of benzene rings is 2. The van der Waals surface area contributed by atoms with E-state index in [1.807, 2.05) is 30.3 Å². The molecule has 0 radical (unpaired) electrons. The highest BCUT2D eigenvalue weighted by atomic mass is 16.5. The number of methoxy groups -OCH3 is 1. The van der Waals surface area contributed by atoms with Gasteiger partial charge in [-0.3, -0.25) is 4.79 Å². The molecule has 0 aliphatic carbocycles. The smallest absolute Gasteiger partial charge is 0.307 e. The Hall–Kier alpha value is -2.59. The van der Waals surface area contributed by atoms with E-state index in [1.54, 1.807) is 0 Å². The average molecular weight is 367 g/mol. The number of ether oxygens (including phenoxy) is 2. The van der Waals surface area contributed by atoms with Gasteiger partial charge in [-0.05, 0) is 61.1 Å². The van der Waals surface area contributed by atoms with Crippen LogP contribution in [0.3, 0.4) is 0 Å². The van der Waals surface area contributed by atoms with Gasteiger partial charge >= 0.3 is 5.97 Å². The molecule has 27 heavy (non-hydrogen) atoms. The second-order valence-electron chi connectivity index (χ2n) is 6.75. The molecule has 0 spiro atoms. The van der Waals surface area contributed by atoms with Crippen LogP contribution in [-0.4, -0.2) is 19.7 Å². The summed E-state index contributed by atoms with van der Waals surface area (Å²) in [7, 11) is 1.37. The monoisotopic (exact) mass is 367 g/mol. The van der Waals surface area contributed by atoms with Crippen LogP contribution in [0, 0.1) is 13.8 Å². The van der Waals surface area contributed by atoms with E-state index in [0.717, 1.165) is 46.4 Å². The third-order valence-electron chi connectivity index (χ3n) is 4.47. The molecule has 0 aromatic heterocycles. The third kappa shape index (κ3) is 5.69. The van der Waals surface area contributed by atoms with Crippen LogP contribution < -0.4 is 10.5 Å². The van der Waals surface area contributed by atoms with E-state index >= 15 is 0 Å². The lowest BCUT2D eigenvalue weighted by Gasteiger charge is -2.17. The minimum atomic E-state index is -0.403. The minimum absolute atomic E-state index is 0.151. The molecule has 0 aliphatic heterocycles. The summed E-state index contributed by atoms with van der Waals surface area (Å²) < 4.78 is 10.8. The lowest BCUT2D eigenvalue weighted by molar-refractivity contribution is -0.141. The highest BCUT2D eigenvalue weighted by Gasteiger charge is 2.15. The predicted molar refractivity (Wildman–Crippen MR) is 110 cm³/mol. The first kappa shape index (κ1) is 20.7. The molecule has 144 valence electrons. The van der Waals surface area contributed by atoms with Gasteiger partial charge in [0.05, 0.1) is 20.1 Å². The first-order valence-electron chi connectivity index (χ1n) is 9.24. The van der Waals surface area contributed by atoms with Crippen molar-refractivity contribution in [2.24, 2.45) is 5.73 Å².